The zero-order chi connectivity index (χ0) is 14.7. The molecule has 21 heavy (non-hydrogen) atoms. The maximum atomic E-state index is 4.86. The van der Waals surface area contributed by atoms with Gasteiger partial charge in [-0.15, -0.1) is 11.3 Å². The van der Waals surface area contributed by atoms with Gasteiger partial charge < -0.3 is 5.32 Å². The summed E-state index contributed by atoms with van der Waals surface area (Å²) in [5, 5.41) is 4.82. The first kappa shape index (κ1) is 14.2. The summed E-state index contributed by atoms with van der Waals surface area (Å²) < 4.78 is 0. The number of benzene rings is 1. The fourth-order valence-corrected chi connectivity index (χ4v) is 3.46. The number of nitrogens with zero attached hydrogens (tertiary/aromatic N) is 1. The Balaban J connectivity index is 2.00. The van der Waals surface area contributed by atoms with Gasteiger partial charge in [-0.1, -0.05) is 31.2 Å². The van der Waals surface area contributed by atoms with Gasteiger partial charge in [-0.05, 0) is 44.2 Å². The Hall–Kier alpha value is -1.71. The third kappa shape index (κ3) is 3.14. The molecule has 1 aromatic carbocycles. The number of thiophene rings is 1. The lowest BCUT2D eigenvalue weighted by Gasteiger charge is -2.17. The Morgan fingerprint density at radius 3 is 2.71 bits per heavy atom. The van der Waals surface area contributed by atoms with E-state index in [4.69, 9.17) is 4.98 Å². The van der Waals surface area contributed by atoms with Crippen LogP contribution in [0.5, 0.6) is 0 Å². The molecule has 0 fully saturated rings. The molecule has 0 amide bonds. The number of para-hydroxylation sites is 1. The van der Waals surface area contributed by atoms with Crippen LogP contribution in [-0.4, -0.2) is 11.5 Å². The molecule has 1 unspecified atom stereocenters. The van der Waals surface area contributed by atoms with Crippen LogP contribution in [0.15, 0.2) is 48.5 Å². The van der Waals surface area contributed by atoms with Crippen LogP contribution in [0.3, 0.4) is 0 Å². The van der Waals surface area contributed by atoms with Gasteiger partial charge in [0.2, 0.25) is 0 Å². The maximum absolute atomic E-state index is 4.86. The van der Waals surface area contributed by atoms with Crippen LogP contribution in [0.4, 0.5) is 0 Å². The molecule has 0 aliphatic heterocycles. The van der Waals surface area contributed by atoms with E-state index in [1.807, 2.05) is 17.4 Å². The number of hydrogen-bond acceptors (Lipinski definition) is 3. The van der Waals surface area contributed by atoms with Gasteiger partial charge in [0.05, 0.1) is 17.3 Å². The highest BCUT2D eigenvalue weighted by atomic mass is 32.1. The number of rotatable bonds is 5. The van der Waals surface area contributed by atoms with Gasteiger partial charge in [0, 0.05) is 15.1 Å². The quantitative estimate of drug-likeness (QED) is 0.738. The summed E-state index contributed by atoms with van der Waals surface area (Å²) >= 11 is 1.84. The summed E-state index contributed by atoms with van der Waals surface area (Å²) in [5.74, 6) is 0. The molecule has 108 valence electrons. The summed E-state index contributed by atoms with van der Waals surface area (Å²) in [6, 6.07) is 17.2. The van der Waals surface area contributed by atoms with E-state index < -0.39 is 0 Å². The van der Waals surface area contributed by atoms with Crippen molar-refractivity contribution >= 4 is 22.2 Å². The van der Waals surface area contributed by atoms with Crippen molar-refractivity contribution in [1.29, 1.82) is 0 Å². The monoisotopic (exact) mass is 296 g/mol. The van der Waals surface area contributed by atoms with Gasteiger partial charge in [0.1, 0.15) is 0 Å². The Morgan fingerprint density at radius 2 is 1.95 bits per heavy atom. The van der Waals surface area contributed by atoms with E-state index in [1.165, 1.54) is 15.1 Å². The van der Waals surface area contributed by atoms with Gasteiger partial charge in [-0.25, -0.2) is 0 Å². The second-order valence-corrected chi connectivity index (χ2v) is 6.58. The molecular formula is C18H20N2S. The van der Waals surface area contributed by atoms with Crippen molar-refractivity contribution in [2.75, 3.05) is 6.54 Å². The van der Waals surface area contributed by atoms with Crippen LogP contribution >= 0.6 is 11.3 Å². The lowest BCUT2D eigenvalue weighted by molar-refractivity contribution is 0.595. The number of pyridine rings is 1. The third-order valence-corrected chi connectivity index (χ3v) is 4.63. The standard InChI is InChI=1S/C18H20N2S/c1-3-12-19-18(17-11-8-13(2)21-17)16-10-9-14-6-4-5-7-15(14)20-16/h4-11,18-19H,3,12H2,1-2H3. The molecule has 2 nitrogen and oxygen atoms in total. The van der Waals surface area contributed by atoms with E-state index in [9.17, 15) is 0 Å². The van der Waals surface area contributed by atoms with Crippen LogP contribution < -0.4 is 5.32 Å². The molecule has 0 bridgehead atoms. The Kier molecular flexibility index (Phi) is 4.32. The lowest BCUT2D eigenvalue weighted by atomic mass is 10.1. The maximum Gasteiger partial charge on any atom is 0.0845 e. The molecule has 3 heteroatoms. The average Bonchev–Trinajstić information content (AvgIpc) is 2.94. The molecule has 0 saturated heterocycles. The largest absolute Gasteiger partial charge is 0.304 e. The number of aryl methyl sites for hydroxylation is 1. The van der Waals surface area contributed by atoms with Crippen LogP contribution in [0.2, 0.25) is 0 Å². The minimum Gasteiger partial charge on any atom is -0.304 e. The van der Waals surface area contributed by atoms with Crippen molar-refractivity contribution < 1.29 is 0 Å². The summed E-state index contributed by atoms with van der Waals surface area (Å²) in [6.07, 6.45) is 1.12. The second kappa shape index (κ2) is 6.37. The molecule has 0 radical (unpaired) electrons. The summed E-state index contributed by atoms with van der Waals surface area (Å²) in [7, 11) is 0. The minimum absolute atomic E-state index is 0.188. The molecule has 1 atom stereocenters. The third-order valence-electron chi connectivity index (χ3n) is 3.56. The van der Waals surface area contributed by atoms with E-state index in [0.29, 0.717) is 0 Å². The summed E-state index contributed by atoms with van der Waals surface area (Å²) in [5.41, 5.74) is 2.16. The fourth-order valence-electron chi connectivity index (χ4n) is 2.49. The van der Waals surface area contributed by atoms with Crippen LogP contribution in [-0.2, 0) is 0 Å². The highest BCUT2D eigenvalue weighted by molar-refractivity contribution is 7.12. The predicted molar refractivity (Wildman–Crippen MR) is 90.9 cm³/mol. The first-order valence-electron chi connectivity index (χ1n) is 7.43. The molecule has 2 aromatic heterocycles. The number of nitrogens with one attached hydrogen (secondary N) is 1. The van der Waals surface area contributed by atoms with E-state index >= 15 is 0 Å². The Labute approximate surface area is 129 Å². The number of aromatic nitrogens is 1. The van der Waals surface area contributed by atoms with E-state index in [-0.39, 0.29) is 6.04 Å². The van der Waals surface area contributed by atoms with E-state index in [1.54, 1.807) is 0 Å². The number of fused-ring (bicyclic) bond motifs is 1. The molecular weight excluding hydrogens is 276 g/mol. The highest BCUT2D eigenvalue weighted by Crippen LogP contribution is 2.28. The van der Waals surface area contributed by atoms with Gasteiger partial charge in [-0.3, -0.25) is 4.98 Å². The topological polar surface area (TPSA) is 24.9 Å². The van der Waals surface area contributed by atoms with Crippen molar-refractivity contribution in [3.8, 4) is 0 Å². The zero-order valence-electron chi connectivity index (χ0n) is 12.5. The molecule has 3 rings (SSSR count). The smallest absolute Gasteiger partial charge is 0.0845 e. The molecule has 0 spiro atoms. The van der Waals surface area contributed by atoms with Crippen LogP contribution in [0.25, 0.3) is 10.9 Å². The molecule has 3 aromatic rings. The molecule has 0 saturated carbocycles. The van der Waals surface area contributed by atoms with Gasteiger partial charge >= 0.3 is 0 Å². The van der Waals surface area contributed by atoms with Crippen molar-refractivity contribution in [2.24, 2.45) is 0 Å². The summed E-state index contributed by atoms with van der Waals surface area (Å²) in [4.78, 5) is 7.54. The SMILES string of the molecule is CCCNC(c1ccc2ccccc2n1)c1ccc(C)s1. The van der Waals surface area contributed by atoms with Crippen molar-refractivity contribution in [3.05, 3.63) is 64.0 Å². The first-order valence-corrected chi connectivity index (χ1v) is 8.25. The summed E-state index contributed by atoms with van der Waals surface area (Å²) in [6.45, 7) is 5.34. The van der Waals surface area contributed by atoms with Crippen molar-refractivity contribution in [2.45, 2.75) is 26.3 Å². The van der Waals surface area contributed by atoms with Gasteiger partial charge in [-0.2, -0.15) is 0 Å². The molecule has 0 aliphatic rings. The predicted octanol–water partition coefficient (Wildman–Crippen LogP) is 4.69. The average molecular weight is 296 g/mol. The lowest BCUT2D eigenvalue weighted by Crippen LogP contribution is -2.23. The van der Waals surface area contributed by atoms with Gasteiger partial charge in [0.15, 0.2) is 0 Å². The van der Waals surface area contributed by atoms with Crippen molar-refractivity contribution in [3.63, 3.8) is 0 Å². The molecule has 0 aliphatic carbocycles. The normalized spacial score (nSPS) is 12.7. The van der Waals surface area contributed by atoms with E-state index in [0.717, 1.165) is 24.2 Å². The van der Waals surface area contributed by atoms with Gasteiger partial charge in [0.25, 0.3) is 0 Å². The highest BCUT2D eigenvalue weighted by Gasteiger charge is 2.16. The Bertz CT molecular complexity index is 733. The van der Waals surface area contributed by atoms with Crippen LogP contribution in [0, 0.1) is 6.92 Å². The Morgan fingerprint density at radius 1 is 1.10 bits per heavy atom. The van der Waals surface area contributed by atoms with Crippen LogP contribution in [0.1, 0.15) is 34.8 Å². The first-order chi connectivity index (χ1) is 10.3. The van der Waals surface area contributed by atoms with E-state index in [2.05, 4.69) is 61.6 Å². The fraction of sp³-hybridized carbons (Fsp3) is 0.278. The second-order valence-electron chi connectivity index (χ2n) is 5.26. The number of hydrogen-bond donors (Lipinski definition) is 1. The zero-order valence-corrected chi connectivity index (χ0v) is 13.3. The molecule has 1 N–H and O–H groups in total. The molecule has 2 heterocycles. The minimum atomic E-state index is 0.188. The van der Waals surface area contributed by atoms with Crippen molar-refractivity contribution in [1.82, 2.24) is 10.3 Å².